The van der Waals surface area contributed by atoms with E-state index in [-0.39, 0.29) is 19.1 Å². The number of hydrogen-bond acceptors (Lipinski definition) is 3. The lowest BCUT2D eigenvalue weighted by Gasteiger charge is -2.29. The quantitative estimate of drug-likeness (QED) is 0.416. The lowest BCUT2D eigenvalue weighted by atomic mass is 9.98. The van der Waals surface area contributed by atoms with E-state index < -0.39 is 5.54 Å². The highest BCUT2D eigenvalue weighted by molar-refractivity contribution is 5.76. The normalized spacial score (nSPS) is 10.9. The predicted octanol–water partition coefficient (Wildman–Crippen LogP) is 0.430. The summed E-state index contributed by atoms with van der Waals surface area (Å²) in [6, 6.07) is 0. The van der Waals surface area contributed by atoms with Crippen LogP contribution in [0.4, 0.5) is 0 Å². The van der Waals surface area contributed by atoms with Crippen molar-refractivity contribution in [3.8, 4) is 12.3 Å². The van der Waals surface area contributed by atoms with E-state index in [2.05, 4.69) is 11.2 Å². The Balaban J connectivity index is 3.97. The van der Waals surface area contributed by atoms with Crippen molar-refractivity contribution in [1.29, 1.82) is 0 Å². The number of carbonyl (C=O) groups is 1. The number of terminal acetylenes is 1. The zero-order chi connectivity index (χ0) is 12.4. The van der Waals surface area contributed by atoms with Gasteiger partial charge in [-0.25, -0.2) is 0 Å². The molecule has 0 aromatic carbocycles. The molecule has 0 atom stereocenters. The van der Waals surface area contributed by atoms with Gasteiger partial charge in [0.25, 0.3) is 0 Å². The Bertz CT molecular complexity index is 233. The first-order chi connectivity index (χ1) is 7.64. The molecular formula is C12H21NO3. The fourth-order valence-electron chi connectivity index (χ4n) is 1.31. The van der Waals surface area contributed by atoms with Gasteiger partial charge in [-0.2, -0.15) is 0 Å². The lowest BCUT2D eigenvalue weighted by Crippen LogP contribution is -2.53. The molecule has 0 aromatic heterocycles. The summed E-state index contributed by atoms with van der Waals surface area (Å²) in [4.78, 5) is 11.5. The summed E-state index contributed by atoms with van der Waals surface area (Å²) in [6.07, 6.45) is 8.19. The van der Waals surface area contributed by atoms with Crippen molar-refractivity contribution in [1.82, 2.24) is 5.32 Å². The summed E-state index contributed by atoms with van der Waals surface area (Å²) >= 11 is 0. The average molecular weight is 227 g/mol. The van der Waals surface area contributed by atoms with Crippen LogP contribution in [0.5, 0.6) is 0 Å². The molecule has 0 aliphatic heterocycles. The second kappa shape index (κ2) is 8.14. The average Bonchev–Trinajstić information content (AvgIpc) is 2.32. The second-order valence-electron chi connectivity index (χ2n) is 3.91. The van der Waals surface area contributed by atoms with Crippen molar-refractivity contribution < 1.29 is 15.0 Å². The monoisotopic (exact) mass is 227 g/mol. The number of carbonyl (C=O) groups excluding carboxylic acids is 1. The Labute approximate surface area is 97.1 Å². The molecule has 16 heavy (non-hydrogen) atoms. The Kier molecular flexibility index (Phi) is 7.61. The van der Waals surface area contributed by atoms with E-state index in [0.717, 1.165) is 12.8 Å². The number of unbranched alkanes of at least 4 members (excludes halogenated alkanes) is 2. The van der Waals surface area contributed by atoms with Crippen LogP contribution in [0.25, 0.3) is 0 Å². The van der Waals surface area contributed by atoms with Crippen LogP contribution in [-0.4, -0.2) is 34.9 Å². The molecule has 0 aliphatic carbocycles. The molecule has 0 rings (SSSR count). The number of amides is 1. The summed E-state index contributed by atoms with van der Waals surface area (Å²) in [5.74, 6) is 2.36. The van der Waals surface area contributed by atoms with Crippen LogP contribution in [0.15, 0.2) is 0 Å². The molecule has 0 fully saturated rings. The number of aliphatic hydroxyl groups excluding tert-OH is 2. The van der Waals surface area contributed by atoms with Crippen molar-refractivity contribution in [2.75, 3.05) is 13.2 Å². The standard InChI is InChI=1S/C12H21NO3/c1-3-5-6-7-8-11(16)13-12(4-2,9-14)10-15/h1,14-15H,4-10H2,2H3,(H,13,16). The van der Waals surface area contributed by atoms with E-state index in [1.807, 2.05) is 6.92 Å². The van der Waals surface area contributed by atoms with Gasteiger partial charge >= 0.3 is 0 Å². The maximum atomic E-state index is 11.5. The number of nitrogens with one attached hydrogen (secondary N) is 1. The first kappa shape index (κ1) is 14.9. The van der Waals surface area contributed by atoms with Crippen molar-refractivity contribution >= 4 is 5.91 Å². The van der Waals surface area contributed by atoms with Crippen LogP contribution in [0.1, 0.15) is 39.0 Å². The van der Waals surface area contributed by atoms with Gasteiger partial charge in [-0.15, -0.1) is 12.3 Å². The summed E-state index contributed by atoms with van der Waals surface area (Å²) in [5.41, 5.74) is -0.886. The number of hydrogen-bond donors (Lipinski definition) is 3. The van der Waals surface area contributed by atoms with E-state index in [0.29, 0.717) is 19.3 Å². The largest absolute Gasteiger partial charge is 0.394 e. The molecule has 0 heterocycles. The first-order valence-corrected chi connectivity index (χ1v) is 5.60. The highest BCUT2D eigenvalue weighted by atomic mass is 16.3. The van der Waals surface area contributed by atoms with Gasteiger partial charge in [0.05, 0.1) is 18.8 Å². The van der Waals surface area contributed by atoms with Gasteiger partial charge in [-0.1, -0.05) is 6.92 Å². The van der Waals surface area contributed by atoms with Crippen molar-refractivity contribution in [3.05, 3.63) is 0 Å². The highest BCUT2D eigenvalue weighted by Gasteiger charge is 2.27. The van der Waals surface area contributed by atoms with Gasteiger partial charge in [-0.05, 0) is 19.3 Å². The zero-order valence-corrected chi connectivity index (χ0v) is 9.83. The fraction of sp³-hybridized carbons (Fsp3) is 0.750. The minimum Gasteiger partial charge on any atom is -0.394 e. The minimum absolute atomic E-state index is 0.151. The molecule has 0 aliphatic rings. The van der Waals surface area contributed by atoms with E-state index in [9.17, 15) is 4.79 Å². The lowest BCUT2D eigenvalue weighted by molar-refractivity contribution is -0.124. The molecule has 0 saturated heterocycles. The van der Waals surface area contributed by atoms with E-state index in [1.54, 1.807) is 0 Å². The first-order valence-electron chi connectivity index (χ1n) is 5.60. The van der Waals surface area contributed by atoms with Crippen molar-refractivity contribution in [2.24, 2.45) is 0 Å². The van der Waals surface area contributed by atoms with Crippen LogP contribution in [-0.2, 0) is 4.79 Å². The molecule has 4 nitrogen and oxygen atoms in total. The molecular weight excluding hydrogens is 206 g/mol. The summed E-state index contributed by atoms with van der Waals surface area (Å²) in [7, 11) is 0. The molecule has 0 bridgehead atoms. The maximum absolute atomic E-state index is 11.5. The molecule has 3 N–H and O–H groups in total. The van der Waals surface area contributed by atoms with Gasteiger partial charge in [0.2, 0.25) is 5.91 Å². The van der Waals surface area contributed by atoms with Crippen LogP contribution in [0, 0.1) is 12.3 Å². The topological polar surface area (TPSA) is 69.6 Å². The molecule has 1 amide bonds. The molecule has 0 aromatic rings. The molecule has 0 saturated carbocycles. The second-order valence-corrected chi connectivity index (χ2v) is 3.91. The van der Waals surface area contributed by atoms with Gasteiger partial charge in [0, 0.05) is 12.8 Å². The molecule has 0 unspecified atom stereocenters. The van der Waals surface area contributed by atoms with E-state index >= 15 is 0 Å². The minimum atomic E-state index is -0.886. The van der Waals surface area contributed by atoms with Crippen LogP contribution in [0.3, 0.4) is 0 Å². The summed E-state index contributed by atoms with van der Waals surface area (Å²) in [6.45, 7) is 1.30. The zero-order valence-electron chi connectivity index (χ0n) is 9.83. The third-order valence-electron chi connectivity index (χ3n) is 2.66. The van der Waals surface area contributed by atoms with Gasteiger partial charge < -0.3 is 15.5 Å². The SMILES string of the molecule is C#CCCCCC(=O)NC(CC)(CO)CO. The van der Waals surface area contributed by atoms with Crippen LogP contribution >= 0.6 is 0 Å². The third kappa shape index (κ3) is 5.15. The maximum Gasteiger partial charge on any atom is 0.220 e. The summed E-state index contributed by atoms with van der Waals surface area (Å²) in [5, 5.41) is 20.9. The Morgan fingerprint density at radius 3 is 2.44 bits per heavy atom. The van der Waals surface area contributed by atoms with Crippen LogP contribution in [0.2, 0.25) is 0 Å². The molecule has 0 radical (unpaired) electrons. The smallest absolute Gasteiger partial charge is 0.220 e. The van der Waals surface area contributed by atoms with Gasteiger partial charge in [-0.3, -0.25) is 4.79 Å². The molecule has 0 spiro atoms. The van der Waals surface area contributed by atoms with E-state index in [4.69, 9.17) is 16.6 Å². The Hall–Kier alpha value is -1.05. The number of rotatable bonds is 8. The van der Waals surface area contributed by atoms with E-state index in [1.165, 1.54) is 0 Å². The summed E-state index contributed by atoms with van der Waals surface area (Å²) < 4.78 is 0. The predicted molar refractivity (Wildman–Crippen MR) is 62.6 cm³/mol. The fourth-order valence-corrected chi connectivity index (χ4v) is 1.31. The molecule has 92 valence electrons. The van der Waals surface area contributed by atoms with Gasteiger partial charge in [0.1, 0.15) is 0 Å². The van der Waals surface area contributed by atoms with Gasteiger partial charge in [0.15, 0.2) is 0 Å². The third-order valence-corrected chi connectivity index (χ3v) is 2.66. The molecule has 4 heteroatoms. The van der Waals surface area contributed by atoms with Crippen molar-refractivity contribution in [2.45, 2.75) is 44.6 Å². The van der Waals surface area contributed by atoms with Crippen LogP contribution < -0.4 is 5.32 Å². The number of aliphatic hydroxyl groups is 2. The highest BCUT2D eigenvalue weighted by Crippen LogP contribution is 2.09. The Morgan fingerprint density at radius 1 is 1.38 bits per heavy atom. The van der Waals surface area contributed by atoms with Crippen molar-refractivity contribution in [3.63, 3.8) is 0 Å². The Morgan fingerprint density at radius 2 is 2.00 bits per heavy atom.